The Bertz CT molecular complexity index is 852. The van der Waals surface area contributed by atoms with Crippen LogP contribution in [0.1, 0.15) is 40.1 Å². The molecular formula is C22H26N2O4. The predicted octanol–water partition coefficient (Wildman–Crippen LogP) is 3.13. The number of carboxylic acids is 1. The van der Waals surface area contributed by atoms with Crippen molar-refractivity contribution in [2.45, 2.75) is 26.4 Å². The van der Waals surface area contributed by atoms with Gasteiger partial charge in [-0.3, -0.25) is 9.69 Å². The number of carboxylic acid groups (broad SMARTS) is 1. The van der Waals surface area contributed by atoms with Crippen molar-refractivity contribution in [2.75, 3.05) is 26.2 Å². The van der Waals surface area contributed by atoms with Gasteiger partial charge in [-0.25, -0.2) is 4.79 Å². The number of aromatic carboxylic acids is 1. The van der Waals surface area contributed by atoms with Crippen LogP contribution in [0, 0.1) is 0 Å². The monoisotopic (exact) mass is 382 g/mol. The van der Waals surface area contributed by atoms with Gasteiger partial charge in [-0.05, 0) is 38.1 Å². The molecule has 28 heavy (non-hydrogen) atoms. The average Bonchev–Trinajstić information content (AvgIpc) is 2.69. The van der Waals surface area contributed by atoms with Crippen LogP contribution in [-0.4, -0.2) is 59.1 Å². The molecule has 1 aliphatic rings. The van der Waals surface area contributed by atoms with Crippen molar-refractivity contribution in [3.8, 4) is 5.75 Å². The van der Waals surface area contributed by atoms with Crippen LogP contribution >= 0.6 is 0 Å². The first kappa shape index (κ1) is 19.9. The van der Waals surface area contributed by atoms with Gasteiger partial charge in [0, 0.05) is 43.3 Å². The molecule has 0 bridgehead atoms. The number of rotatable bonds is 6. The summed E-state index contributed by atoms with van der Waals surface area (Å²) in [5.41, 5.74) is 1.69. The van der Waals surface area contributed by atoms with E-state index in [0.29, 0.717) is 18.7 Å². The molecule has 0 saturated carbocycles. The molecule has 0 aliphatic carbocycles. The third kappa shape index (κ3) is 4.51. The van der Waals surface area contributed by atoms with Crippen molar-refractivity contribution in [1.29, 1.82) is 0 Å². The van der Waals surface area contributed by atoms with Crippen LogP contribution in [0.3, 0.4) is 0 Å². The molecule has 0 aromatic heterocycles. The lowest BCUT2D eigenvalue weighted by molar-refractivity contribution is 0.0473. The number of carbonyl (C=O) groups excluding carboxylic acids is 1. The molecule has 3 rings (SSSR count). The fourth-order valence-corrected chi connectivity index (χ4v) is 3.60. The van der Waals surface area contributed by atoms with Crippen molar-refractivity contribution < 1.29 is 19.4 Å². The fraction of sp³-hybridized carbons (Fsp3) is 0.364. The number of piperazine rings is 1. The van der Waals surface area contributed by atoms with Crippen LogP contribution < -0.4 is 4.74 Å². The summed E-state index contributed by atoms with van der Waals surface area (Å²) in [5.74, 6) is -0.243. The van der Waals surface area contributed by atoms with E-state index in [4.69, 9.17) is 9.84 Å². The molecule has 1 amide bonds. The quantitative estimate of drug-likeness (QED) is 0.831. The van der Waals surface area contributed by atoms with Crippen molar-refractivity contribution >= 4 is 11.9 Å². The van der Waals surface area contributed by atoms with Gasteiger partial charge in [0.05, 0.1) is 12.2 Å². The van der Waals surface area contributed by atoms with E-state index in [2.05, 4.69) is 11.0 Å². The molecule has 1 N–H and O–H groups in total. The average molecular weight is 382 g/mol. The normalized spacial score (nSPS) is 17.4. The lowest BCUT2D eigenvalue weighted by Gasteiger charge is -2.40. The summed E-state index contributed by atoms with van der Waals surface area (Å²) in [6.45, 7) is 7.53. The van der Waals surface area contributed by atoms with Crippen LogP contribution in [0.25, 0.3) is 0 Å². The van der Waals surface area contributed by atoms with Crippen LogP contribution in [-0.2, 0) is 6.54 Å². The Hall–Kier alpha value is -2.86. The van der Waals surface area contributed by atoms with Gasteiger partial charge in [0.15, 0.2) is 0 Å². The highest BCUT2D eigenvalue weighted by Gasteiger charge is 2.28. The second-order valence-corrected chi connectivity index (χ2v) is 7.01. The standard InChI is InChI=1S/C22H26N2O4/c1-3-28-20-10-5-4-7-19(20)15-23-11-12-24(16(2)14-23)21(25)17-8-6-9-18(13-17)22(26)27/h4-10,13,16H,3,11-12,14-15H2,1-2H3,(H,26,27). The van der Waals surface area contributed by atoms with E-state index in [1.165, 1.54) is 12.1 Å². The minimum absolute atomic E-state index is 0.0361. The van der Waals surface area contributed by atoms with Gasteiger partial charge in [-0.15, -0.1) is 0 Å². The summed E-state index contributed by atoms with van der Waals surface area (Å²) < 4.78 is 5.71. The van der Waals surface area contributed by atoms with E-state index in [1.807, 2.05) is 36.9 Å². The molecule has 6 nitrogen and oxygen atoms in total. The summed E-state index contributed by atoms with van der Waals surface area (Å²) in [6, 6.07) is 14.3. The number of ether oxygens (including phenoxy) is 1. The first-order chi connectivity index (χ1) is 13.5. The van der Waals surface area contributed by atoms with E-state index in [-0.39, 0.29) is 17.5 Å². The number of benzene rings is 2. The first-order valence-electron chi connectivity index (χ1n) is 9.57. The van der Waals surface area contributed by atoms with E-state index < -0.39 is 5.97 Å². The summed E-state index contributed by atoms with van der Waals surface area (Å²) in [6.07, 6.45) is 0. The van der Waals surface area contributed by atoms with Gasteiger partial charge >= 0.3 is 5.97 Å². The second kappa shape index (κ2) is 8.89. The van der Waals surface area contributed by atoms with Crippen LogP contribution in [0.4, 0.5) is 0 Å². The van der Waals surface area contributed by atoms with Gasteiger partial charge in [0.25, 0.3) is 5.91 Å². The predicted molar refractivity (Wildman–Crippen MR) is 107 cm³/mol. The van der Waals surface area contributed by atoms with Crippen molar-refractivity contribution in [3.63, 3.8) is 0 Å². The zero-order chi connectivity index (χ0) is 20.1. The zero-order valence-corrected chi connectivity index (χ0v) is 16.3. The minimum Gasteiger partial charge on any atom is -0.494 e. The smallest absolute Gasteiger partial charge is 0.335 e. The number of hydrogen-bond donors (Lipinski definition) is 1. The molecule has 1 heterocycles. The number of carbonyl (C=O) groups is 2. The van der Waals surface area contributed by atoms with Gasteiger partial charge in [-0.1, -0.05) is 24.3 Å². The molecular weight excluding hydrogens is 356 g/mol. The minimum atomic E-state index is -1.03. The number of nitrogens with zero attached hydrogens (tertiary/aromatic N) is 2. The van der Waals surface area contributed by atoms with E-state index in [0.717, 1.165) is 30.9 Å². The maximum atomic E-state index is 12.9. The summed E-state index contributed by atoms with van der Waals surface area (Å²) >= 11 is 0. The first-order valence-corrected chi connectivity index (χ1v) is 9.57. The molecule has 6 heteroatoms. The fourth-order valence-electron chi connectivity index (χ4n) is 3.60. The SMILES string of the molecule is CCOc1ccccc1CN1CCN(C(=O)c2cccc(C(=O)O)c2)C(C)C1. The molecule has 2 aromatic carbocycles. The van der Waals surface area contributed by atoms with Gasteiger partial charge in [0.1, 0.15) is 5.75 Å². The molecule has 2 aromatic rings. The summed E-state index contributed by atoms with van der Waals surface area (Å²) in [4.78, 5) is 28.2. The van der Waals surface area contributed by atoms with Crippen LogP contribution in [0.2, 0.25) is 0 Å². The summed E-state index contributed by atoms with van der Waals surface area (Å²) in [5, 5.41) is 9.15. The Morgan fingerprint density at radius 1 is 1.11 bits per heavy atom. The second-order valence-electron chi connectivity index (χ2n) is 7.01. The lowest BCUT2D eigenvalue weighted by atomic mass is 10.1. The Morgan fingerprint density at radius 3 is 2.57 bits per heavy atom. The largest absolute Gasteiger partial charge is 0.494 e. The Morgan fingerprint density at radius 2 is 1.86 bits per heavy atom. The maximum absolute atomic E-state index is 12.9. The molecule has 1 unspecified atom stereocenters. The zero-order valence-electron chi connectivity index (χ0n) is 16.3. The molecule has 1 fully saturated rings. The Labute approximate surface area is 165 Å². The third-order valence-electron chi connectivity index (χ3n) is 5.00. The van der Waals surface area contributed by atoms with Gasteiger partial charge in [-0.2, -0.15) is 0 Å². The molecule has 1 saturated heterocycles. The molecule has 0 spiro atoms. The van der Waals surface area contributed by atoms with E-state index in [1.54, 1.807) is 12.1 Å². The number of hydrogen-bond acceptors (Lipinski definition) is 4. The molecule has 1 atom stereocenters. The topological polar surface area (TPSA) is 70.1 Å². The highest BCUT2D eigenvalue weighted by molar-refractivity contribution is 5.97. The number of amides is 1. The van der Waals surface area contributed by atoms with Gasteiger partial charge in [0.2, 0.25) is 0 Å². The van der Waals surface area contributed by atoms with Crippen LogP contribution in [0.15, 0.2) is 48.5 Å². The Balaban J connectivity index is 1.66. The number of para-hydroxylation sites is 1. The van der Waals surface area contributed by atoms with Gasteiger partial charge < -0.3 is 14.7 Å². The van der Waals surface area contributed by atoms with Crippen LogP contribution in [0.5, 0.6) is 5.75 Å². The summed E-state index contributed by atoms with van der Waals surface area (Å²) in [7, 11) is 0. The lowest BCUT2D eigenvalue weighted by Crippen LogP contribution is -2.53. The van der Waals surface area contributed by atoms with Crippen molar-refractivity contribution in [1.82, 2.24) is 9.80 Å². The maximum Gasteiger partial charge on any atom is 0.335 e. The van der Waals surface area contributed by atoms with E-state index >= 15 is 0 Å². The highest BCUT2D eigenvalue weighted by Crippen LogP contribution is 2.22. The molecule has 1 aliphatic heterocycles. The van der Waals surface area contributed by atoms with E-state index in [9.17, 15) is 9.59 Å². The molecule has 148 valence electrons. The third-order valence-corrected chi connectivity index (χ3v) is 5.00. The van der Waals surface area contributed by atoms with Crippen molar-refractivity contribution in [3.05, 3.63) is 65.2 Å². The Kier molecular flexibility index (Phi) is 6.31. The molecule has 0 radical (unpaired) electrons. The highest BCUT2D eigenvalue weighted by atomic mass is 16.5. The van der Waals surface area contributed by atoms with Crippen molar-refractivity contribution in [2.24, 2.45) is 0 Å².